The summed E-state index contributed by atoms with van der Waals surface area (Å²) in [5.41, 5.74) is 5.52. The molecule has 1 aromatic heterocycles. The van der Waals surface area contributed by atoms with E-state index in [0.717, 1.165) is 0 Å². The maximum atomic E-state index is 10.9. The molecule has 0 aromatic carbocycles. The quantitative estimate of drug-likeness (QED) is 0.617. The van der Waals surface area contributed by atoms with Crippen molar-refractivity contribution < 1.29 is 9.53 Å². The minimum Gasteiger partial charge on any atom is -0.468 e. The third kappa shape index (κ3) is 2.83. The fourth-order valence-electron chi connectivity index (χ4n) is 0.895. The Bertz CT molecular complexity index is 259. The van der Waals surface area contributed by atoms with E-state index >= 15 is 0 Å². The van der Waals surface area contributed by atoms with Gasteiger partial charge in [0.15, 0.2) is 0 Å². The van der Waals surface area contributed by atoms with E-state index < -0.39 is 12.0 Å². The maximum absolute atomic E-state index is 10.9. The van der Waals surface area contributed by atoms with E-state index in [0.29, 0.717) is 13.0 Å². The van der Waals surface area contributed by atoms with Crippen LogP contribution in [0, 0.1) is 0 Å². The number of esters is 1. The molecule has 6 nitrogen and oxygen atoms in total. The Labute approximate surface area is 75.7 Å². The Hall–Kier alpha value is -1.43. The first-order chi connectivity index (χ1) is 6.24. The van der Waals surface area contributed by atoms with Crippen LogP contribution in [0.1, 0.15) is 6.42 Å². The van der Waals surface area contributed by atoms with Gasteiger partial charge in [0, 0.05) is 6.54 Å². The van der Waals surface area contributed by atoms with Gasteiger partial charge in [0.25, 0.3) is 0 Å². The molecule has 0 saturated heterocycles. The summed E-state index contributed by atoms with van der Waals surface area (Å²) in [7, 11) is 1.32. The van der Waals surface area contributed by atoms with Crippen LogP contribution >= 0.6 is 0 Å². The second-order valence-corrected chi connectivity index (χ2v) is 2.62. The molecule has 13 heavy (non-hydrogen) atoms. The summed E-state index contributed by atoms with van der Waals surface area (Å²) in [5, 5.41) is 7.24. The van der Waals surface area contributed by atoms with Gasteiger partial charge in [0.1, 0.15) is 18.7 Å². The lowest BCUT2D eigenvalue weighted by Crippen LogP contribution is -2.32. The number of carbonyl (C=O) groups is 1. The van der Waals surface area contributed by atoms with Crippen LogP contribution in [0.5, 0.6) is 0 Å². The van der Waals surface area contributed by atoms with Crippen LogP contribution < -0.4 is 5.73 Å². The first-order valence-electron chi connectivity index (χ1n) is 3.90. The van der Waals surface area contributed by atoms with Crippen molar-refractivity contribution in [3.8, 4) is 0 Å². The number of nitrogens with two attached hydrogens (primary N) is 1. The molecule has 1 atom stereocenters. The molecule has 0 radical (unpaired) electrons. The van der Waals surface area contributed by atoms with Crippen molar-refractivity contribution in [2.75, 3.05) is 7.11 Å². The van der Waals surface area contributed by atoms with Gasteiger partial charge in [-0.3, -0.25) is 4.79 Å². The fourth-order valence-corrected chi connectivity index (χ4v) is 0.895. The molecular weight excluding hydrogens is 172 g/mol. The molecule has 0 spiro atoms. The molecule has 1 rings (SSSR count). The van der Waals surface area contributed by atoms with Gasteiger partial charge in [-0.1, -0.05) is 0 Å². The van der Waals surface area contributed by atoms with E-state index in [-0.39, 0.29) is 0 Å². The zero-order valence-corrected chi connectivity index (χ0v) is 7.38. The lowest BCUT2D eigenvalue weighted by atomic mass is 10.2. The summed E-state index contributed by atoms with van der Waals surface area (Å²) in [6, 6.07) is -0.576. The number of carbonyl (C=O) groups excluding carboxylic acids is 1. The molecule has 72 valence electrons. The predicted octanol–water partition coefficient (Wildman–Crippen LogP) is -0.831. The Morgan fingerprint density at radius 1 is 1.62 bits per heavy atom. The average Bonchev–Trinajstić information content (AvgIpc) is 2.65. The van der Waals surface area contributed by atoms with Crippen molar-refractivity contribution in [2.24, 2.45) is 5.73 Å². The predicted molar refractivity (Wildman–Crippen MR) is 44.6 cm³/mol. The zero-order valence-electron chi connectivity index (χ0n) is 7.38. The highest BCUT2D eigenvalue weighted by atomic mass is 16.5. The lowest BCUT2D eigenvalue weighted by Gasteiger charge is -2.08. The van der Waals surface area contributed by atoms with Gasteiger partial charge in [0.2, 0.25) is 0 Å². The molecule has 1 unspecified atom stereocenters. The van der Waals surface area contributed by atoms with Crippen molar-refractivity contribution in [3.63, 3.8) is 0 Å². The largest absolute Gasteiger partial charge is 0.468 e. The number of nitrogens with zero attached hydrogens (tertiary/aromatic N) is 3. The topological polar surface area (TPSA) is 83.0 Å². The zero-order chi connectivity index (χ0) is 9.68. The van der Waals surface area contributed by atoms with Crippen molar-refractivity contribution >= 4 is 5.97 Å². The molecule has 1 aromatic rings. The number of hydrogen-bond donors (Lipinski definition) is 1. The summed E-state index contributed by atoms with van der Waals surface area (Å²) >= 11 is 0. The van der Waals surface area contributed by atoms with E-state index in [9.17, 15) is 4.79 Å². The highest BCUT2D eigenvalue weighted by Gasteiger charge is 2.12. The van der Waals surface area contributed by atoms with Gasteiger partial charge in [0.05, 0.1) is 7.11 Å². The van der Waals surface area contributed by atoms with E-state index in [4.69, 9.17) is 5.73 Å². The molecule has 0 bridgehead atoms. The van der Waals surface area contributed by atoms with Crippen LogP contribution in [-0.4, -0.2) is 33.9 Å². The standard InChI is InChI=1S/C7H12N4O2/c1-13-7(12)6(8)2-3-11-4-9-10-5-11/h4-6H,2-3,8H2,1H3. The van der Waals surface area contributed by atoms with Crippen molar-refractivity contribution in [3.05, 3.63) is 12.7 Å². The Kier molecular flexibility index (Phi) is 3.39. The van der Waals surface area contributed by atoms with E-state index in [1.54, 1.807) is 17.2 Å². The number of hydrogen-bond acceptors (Lipinski definition) is 5. The molecule has 1 heterocycles. The number of methoxy groups -OCH3 is 1. The summed E-state index contributed by atoms with van der Waals surface area (Å²) in [4.78, 5) is 10.9. The molecule has 2 N–H and O–H groups in total. The van der Waals surface area contributed by atoms with E-state index in [2.05, 4.69) is 14.9 Å². The van der Waals surface area contributed by atoms with Gasteiger partial charge in [-0.15, -0.1) is 10.2 Å². The first-order valence-corrected chi connectivity index (χ1v) is 3.90. The minimum absolute atomic E-state index is 0.395. The Balaban J connectivity index is 2.30. The monoisotopic (exact) mass is 184 g/mol. The highest BCUT2D eigenvalue weighted by Crippen LogP contribution is 1.94. The molecule has 0 aliphatic rings. The Morgan fingerprint density at radius 2 is 2.23 bits per heavy atom. The van der Waals surface area contributed by atoms with Crippen molar-refractivity contribution in [1.82, 2.24) is 14.8 Å². The minimum atomic E-state index is -0.576. The third-order valence-electron chi connectivity index (χ3n) is 1.67. The number of rotatable bonds is 4. The van der Waals surface area contributed by atoms with Crippen LogP contribution in [-0.2, 0) is 16.1 Å². The fraction of sp³-hybridized carbons (Fsp3) is 0.571. The maximum Gasteiger partial charge on any atom is 0.322 e. The lowest BCUT2D eigenvalue weighted by molar-refractivity contribution is -0.142. The number of ether oxygens (including phenoxy) is 1. The van der Waals surface area contributed by atoms with E-state index in [1.165, 1.54) is 7.11 Å². The summed E-state index contributed by atoms with van der Waals surface area (Å²) in [6.07, 6.45) is 3.67. The molecule has 0 fully saturated rings. The molecule has 6 heteroatoms. The highest BCUT2D eigenvalue weighted by molar-refractivity contribution is 5.75. The first kappa shape index (κ1) is 9.66. The van der Waals surface area contributed by atoms with Gasteiger partial charge in [-0.25, -0.2) is 0 Å². The molecule has 0 aliphatic carbocycles. The van der Waals surface area contributed by atoms with E-state index in [1.807, 2.05) is 0 Å². The normalized spacial score (nSPS) is 12.5. The van der Waals surface area contributed by atoms with Crippen LogP contribution in [0.4, 0.5) is 0 Å². The van der Waals surface area contributed by atoms with Crippen molar-refractivity contribution in [1.29, 1.82) is 0 Å². The average molecular weight is 184 g/mol. The molecular formula is C7H12N4O2. The number of aromatic nitrogens is 3. The van der Waals surface area contributed by atoms with Gasteiger partial charge >= 0.3 is 5.97 Å². The van der Waals surface area contributed by atoms with Gasteiger partial charge in [-0.2, -0.15) is 0 Å². The Morgan fingerprint density at radius 3 is 2.77 bits per heavy atom. The number of aryl methyl sites for hydroxylation is 1. The van der Waals surface area contributed by atoms with Crippen LogP contribution in [0.15, 0.2) is 12.7 Å². The summed E-state index contributed by atoms with van der Waals surface area (Å²) < 4.78 is 6.23. The van der Waals surface area contributed by atoms with Gasteiger partial charge < -0.3 is 15.0 Å². The second-order valence-electron chi connectivity index (χ2n) is 2.62. The van der Waals surface area contributed by atoms with Crippen LogP contribution in [0.3, 0.4) is 0 Å². The molecule has 0 saturated carbocycles. The van der Waals surface area contributed by atoms with Crippen molar-refractivity contribution in [2.45, 2.75) is 19.0 Å². The van der Waals surface area contributed by atoms with Crippen LogP contribution in [0.2, 0.25) is 0 Å². The third-order valence-corrected chi connectivity index (χ3v) is 1.67. The van der Waals surface area contributed by atoms with Gasteiger partial charge in [-0.05, 0) is 6.42 Å². The summed E-state index contributed by atoms with van der Waals surface area (Å²) in [5.74, 6) is -0.395. The second kappa shape index (κ2) is 4.56. The molecule has 0 amide bonds. The van der Waals surface area contributed by atoms with Crippen LogP contribution in [0.25, 0.3) is 0 Å². The molecule has 0 aliphatic heterocycles. The smallest absolute Gasteiger partial charge is 0.322 e. The SMILES string of the molecule is COC(=O)C(N)CCn1cnnc1. The summed E-state index contributed by atoms with van der Waals surface area (Å²) in [6.45, 7) is 0.614.